The predicted octanol–water partition coefficient (Wildman–Crippen LogP) is 5.95. The van der Waals surface area contributed by atoms with Gasteiger partial charge in [0.25, 0.3) is 0 Å². The Bertz CT molecular complexity index is 750. The van der Waals surface area contributed by atoms with E-state index < -0.39 is 0 Å². The number of aromatic nitrogens is 2. The van der Waals surface area contributed by atoms with Crippen LogP contribution in [0.15, 0.2) is 73.7 Å². The van der Waals surface area contributed by atoms with Gasteiger partial charge in [-0.05, 0) is 35.9 Å². The molecule has 2 aromatic carbocycles. The van der Waals surface area contributed by atoms with Gasteiger partial charge in [0.2, 0.25) is 0 Å². The molecule has 3 aromatic rings. The standard InChI is InChI=1S/C18H15N3.C3H8/c1-2-14-4-3-5-17(12-14)21-16-8-6-15(7-9-16)18-10-11-19-13-20-18;1-3-2/h2-13,21H,1H2;3H2,1-2H3. The average molecular weight is 317 g/mol. The van der Waals surface area contributed by atoms with Crippen molar-refractivity contribution in [3.63, 3.8) is 0 Å². The lowest BCUT2D eigenvalue weighted by Crippen LogP contribution is -1.91. The molecule has 122 valence electrons. The van der Waals surface area contributed by atoms with Crippen LogP contribution >= 0.6 is 0 Å². The van der Waals surface area contributed by atoms with Gasteiger partial charge in [0.15, 0.2) is 0 Å². The minimum Gasteiger partial charge on any atom is -0.356 e. The van der Waals surface area contributed by atoms with E-state index in [1.165, 1.54) is 6.42 Å². The summed E-state index contributed by atoms with van der Waals surface area (Å²) in [6.07, 6.45) is 6.39. The SMILES string of the molecule is C=Cc1cccc(Nc2ccc(-c3ccncn3)cc2)c1.CCC. The summed E-state index contributed by atoms with van der Waals surface area (Å²) in [5, 5.41) is 3.38. The van der Waals surface area contributed by atoms with Crippen molar-refractivity contribution < 1.29 is 0 Å². The summed E-state index contributed by atoms with van der Waals surface area (Å²) in [5.41, 5.74) is 5.17. The molecule has 0 fully saturated rings. The van der Waals surface area contributed by atoms with E-state index in [-0.39, 0.29) is 0 Å². The summed E-state index contributed by atoms with van der Waals surface area (Å²) in [6.45, 7) is 8.03. The van der Waals surface area contributed by atoms with Gasteiger partial charge in [0.1, 0.15) is 6.33 Å². The van der Waals surface area contributed by atoms with E-state index in [1.54, 1.807) is 12.5 Å². The number of benzene rings is 2. The van der Waals surface area contributed by atoms with Gasteiger partial charge in [-0.3, -0.25) is 0 Å². The lowest BCUT2D eigenvalue weighted by molar-refractivity contribution is 1.09. The zero-order valence-corrected chi connectivity index (χ0v) is 14.2. The first-order chi connectivity index (χ1) is 11.8. The maximum absolute atomic E-state index is 4.24. The van der Waals surface area contributed by atoms with Crippen LogP contribution in [0.25, 0.3) is 17.3 Å². The Labute approximate surface area is 144 Å². The van der Waals surface area contributed by atoms with Crippen LogP contribution in [0.1, 0.15) is 25.8 Å². The topological polar surface area (TPSA) is 37.8 Å². The summed E-state index contributed by atoms with van der Waals surface area (Å²) >= 11 is 0. The molecule has 0 spiro atoms. The van der Waals surface area contributed by atoms with Gasteiger partial charge in [-0.1, -0.05) is 57.2 Å². The Morgan fingerprint density at radius 2 is 1.75 bits per heavy atom. The van der Waals surface area contributed by atoms with Gasteiger partial charge in [0.05, 0.1) is 5.69 Å². The zero-order chi connectivity index (χ0) is 17.2. The first-order valence-corrected chi connectivity index (χ1v) is 8.12. The van der Waals surface area contributed by atoms with Gasteiger partial charge in [-0.25, -0.2) is 9.97 Å². The molecule has 0 unspecified atom stereocenters. The van der Waals surface area contributed by atoms with Crippen LogP contribution in [0.3, 0.4) is 0 Å². The van der Waals surface area contributed by atoms with Gasteiger partial charge in [-0.15, -0.1) is 0 Å². The molecule has 0 saturated carbocycles. The molecule has 0 atom stereocenters. The monoisotopic (exact) mass is 317 g/mol. The van der Waals surface area contributed by atoms with Crippen molar-refractivity contribution in [3.05, 3.63) is 79.3 Å². The molecule has 0 radical (unpaired) electrons. The van der Waals surface area contributed by atoms with Gasteiger partial charge in [0, 0.05) is 23.1 Å². The Balaban J connectivity index is 0.000000647. The maximum atomic E-state index is 4.24. The molecule has 1 aromatic heterocycles. The zero-order valence-electron chi connectivity index (χ0n) is 14.2. The van der Waals surface area contributed by atoms with E-state index in [0.717, 1.165) is 28.2 Å². The molecule has 0 aliphatic heterocycles. The van der Waals surface area contributed by atoms with E-state index in [0.29, 0.717) is 0 Å². The molecular weight excluding hydrogens is 294 g/mol. The molecule has 0 amide bonds. The summed E-state index contributed by atoms with van der Waals surface area (Å²) in [7, 11) is 0. The smallest absolute Gasteiger partial charge is 0.116 e. The minimum atomic E-state index is 0.921. The molecule has 3 nitrogen and oxygen atoms in total. The van der Waals surface area contributed by atoms with Crippen molar-refractivity contribution in [2.75, 3.05) is 5.32 Å². The van der Waals surface area contributed by atoms with Crippen molar-refractivity contribution in [1.29, 1.82) is 0 Å². The Kier molecular flexibility index (Phi) is 6.72. The van der Waals surface area contributed by atoms with Crippen LogP contribution in [0, 0.1) is 0 Å². The Morgan fingerprint density at radius 1 is 1.00 bits per heavy atom. The number of hydrogen-bond donors (Lipinski definition) is 1. The van der Waals surface area contributed by atoms with E-state index in [9.17, 15) is 0 Å². The molecule has 0 aliphatic rings. The van der Waals surface area contributed by atoms with Crippen molar-refractivity contribution in [3.8, 4) is 11.3 Å². The van der Waals surface area contributed by atoms with Crippen LogP contribution in [0.2, 0.25) is 0 Å². The van der Waals surface area contributed by atoms with E-state index in [4.69, 9.17) is 0 Å². The van der Waals surface area contributed by atoms with Crippen LogP contribution in [-0.2, 0) is 0 Å². The lowest BCUT2D eigenvalue weighted by Gasteiger charge is -2.08. The van der Waals surface area contributed by atoms with E-state index >= 15 is 0 Å². The average Bonchev–Trinajstić information content (AvgIpc) is 2.64. The van der Waals surface area contributed by atoms with Crippen LogP contribution in [0.5, 0.6) is 0 Å². The molecule has 0 saturated heterocycles. The fourth-order valence-electron chi connectivity index (χ4n) is 2.10. The Morgan fingerprint density at radius 3 is 2.38 bits per heavy atom. The normalized spacial score (nSPS) is 9.58. The fourth-order valence-corrected chi connectivity index (χ4v) is 2.10. The number of nitrogens with zero attached hydrogens (tertiary/aromatic N) is 2. The quantitative estimate of drug-likeness (QED) is 0.646. The molecule has 3 heteroatoms. The lowest BCUT2D eigenvalue weighted by atomic mass is 10.1. The first-order valence-electron chi connectivity index (χ1n) is 8.12. The number of nitrogens with one attached hydrogen (secondary N) is 1. The molecular formula is C21H23N3. The highest BCUT2D eigenvalue weighted by Crippen LogP contribution is 2.22. The second-order valence-corrected chi connectivity index (χ2v) is 5.33. The number of anilines is 2. The molecule has 0 bridgehead atoms. The third-order valence-electron chi connectivity index (χ3n) is 3.17. The maximum Gasteiger partial charge on any atom is 0.116 e. The third kappa shape index (κ3) is 5.06. The highest BCUT2D eigenvalue weighted by molar-refractivity contribution is 5.67. The van der Waals surface area contributed by atoms with Gasteiger partial charge >= 0.3 is 0 Å². The number of rotatable bonds is 4. The molecule has 3 rings (SSSR count). The van der Waals surface area contributed by atoms with Crippen molar-refractivity contribution in [2.45, 2.75) is 20.3 Å². The fraction of sp³-hybridized carbons (Fsp3) is 0.143. The predicted molar refractivity (Wildman–Crippen MR) is 103 cm³/mol. The van der Waals surface area contributed by atoms with Crippen molar-refractivity contribution in [2.24, 2.45) is 0 Å². The first kappa shape index (κ1) is 17.4. The third-order valence-corrected chi connectivity index (χ3v) is 3.17. The van der Waals surface area contributed by atoms with Gasteiger partial charge in [-0.2, -0.15) is 0 Å². The van der Waals surface area contributed by atoms with E-state index in [2.05, 4.69) is 41.8 Å². The van der Waals surface area contributed by atoms with E-state index in [1.807, 2.05) is 54.6 Å². The van der Waals surface area contributed by atoms with Crippen LogP contribution < -0.4 is 5.32 Å². The highest BCUT2D eigenvalue weighted by atomic mass is 14.9. The summed E-state index contributed by atoms with van der Waals surface area (Å²) in [6, 6.07) is 18.2. The van der Waals surface area contributed by atoms with Crippen LogP contribution in [-0.4, -0.2) is 9.97 Å². The largest absolute Gasteiger partial charge is 0.356 e. The molecule has 24 heavy (non-hydrogen) atoms. The minimum absolute atomic E-state index is 0.921. The number of hydrogen-bond acceptors (Lipinski definition) is 3. The molecule has 0 aliphatic carbocycles. The second kappa shape index (κ2) is 9.26. The molecule has 1 N–H and O–H groups in total. The summed E-state index contributed by atoms with van der Waals surface area (Å²) < 4.78 is 0. The van der Waals surface area contributed by atoms with Gasteiger partial charge < -0.3 is 5.32 Å². The summed E-state index contributed by atoms with van der Waals surface area (Å²) in [4.78, 5) is 8.17. The van der Waals surface area contributed by atoms with Crippen molar-refractivity contribution >= 4 is 17.5 Å². The summed E-state index contributed by atoms with van der Waals surface area (Å²) in [5.74, 6) is 0. The second-order valence-electron chi connectivity index (χ2n) is 5.33. The van der Waals surface area contributed by atoms with Crippen LogP contribution in [0.4, 0.5) is 11.4 Å². The molecule has 1 heterocycles. The Hall–Kier alpha value is -2.94. The highest BCUT2D eigenvalue weighted by Gasteiger charge is 1.99. The van der Waals surface area contributed by atoms with Crippen molar-refractivity contribution in [1.82, 2.24) is 9.97 Å².